The molecule has 2 aliphatic heterocycles. The summed E-state index contributed by atoms with van der Waals surface area (Å²) in [6.45, 7) is 0.795. The Balaban J connectivity index is 1.40. The van der Waals surface area contributed by atoms with Crippen molar-refractivity contribution in [1.29, 1.82) is 0 Å². The van der Waals surface area contributed by atoms with Gasteiger partial charge in [-0.2, -0.15) is 5.01 Å². The Labute approximate surface area is 214 Å². The van der Waals surface area contributed by atoms with Crippen LogP contribution in [0.1, 0.15) is 22.7 Å². The number of halogens is 1. The first-order chi connectivity index (χ1) is 17.9. The number of benzene rings is 3. The van der Waals surface area contributed by atoms with Crippen molar-refractivity contribution in [3.63, 3.8) is 0 Å². The van der Waals surface area contributed by atoms with E-state index in [4.69, 9.17) is 0 Å². The standard InChI is InChI=1S/C28H28FN5O3/c1-31(28(37)30-16-20-8-4-2-5-9-20)33-19-25(35)34-24(33)18-32(17-21-12-14-23(29)15-13-21)27(36)26(34)22-10-6-3-7-11-22/h2-15,24,26H,16-19H2,1H3,(H,30,37)/t24-,26+/m1/s1. The van der Waals surface area contributed by atoms with Crippen molar-refractivity contribution in [3.8, 4) is 0 Å². The fourth-order valence-corrected chi connectivity index (χ4v) is 4.91. The number of rotatable bonds is 6. The van der Waals surface area contributed by atoms with E-state index in [-0.39, 0.29) is 43.3 Å². The van der Waals surface area contributed by atoms with E-state index in [0.29, 0.717) is 12.1 Å². The van der Waals surface area contributed by atoms with Gasteiger partial charge in [0.25, 0.3) is 5.91 Å². The molecular formula is C28H28FN5O3. The lowest BCUT2D eigenvalue weighted by molar-refractivity contribution is -0.157. The highest BCUT2D eigenvalue weighted by molar-refractivity contribution is 5.92. The number of fused-ring (bicyclic) bond motifs is 1. The number of carbonyl (C=O) groups is 3. The minimum atomic E-state index is -0.821. The van der Waals surface area contributed by atoms with Gasteiger partial charge in [0, 0.05) is 20.1 Å². The summed E-state index contributed by atoms with van der Waals surface area (Å²) in [5, 5.41) is 6.01. The number of piperazine rings is 1. The third-order valence-corrected chi connectivity index (χ3v) is 6.83. The number of amides is 4. The SMILES string of the molecule is CN(C(=O)NCc1ccccc1)N1CC(=O)N2[C@@H](c3ccccc3)C(=O)N(Cc3ccc(F)cc3)C[C@@H]21. The molecule has 8 nitrogen and oxygen atoms in total. The van der Waals surface area contributed by atoms with E-state index in [1.807, 2.05) is 60.7 Å². The van der Waals surface area contributed by atoms with Crippen molar-refractivity contribution in [2.75, 3.05) is 20.1 Å². The molecule has 1 N–H and O–H groups in total. The molecule has 0 spiro atoms. The lowest BCUT2D eigenvalue weighted by Crippen LogP contribution is -2.62. The molecule has 2 fully saturated rings. The lowest BCUT2D eigenvalue weighted by Gasteiger charge is -2.45. The summed E-state index contributed by atoms with van der Waals surface area (Å²) in [6, 6.07) is 23.6. The van der Waals surface area contributed by atoms with Crippen LogP contribution in [0.5, 0.6) is 0 Å². The van der Waals surface area contributed by atoms with Crippen molar-refractivity contribution < 1.29 is 18.8 Å². The first kappa shape index (κ1) is 24.5. The van der Waals surface area contributed by atoms with Crippen LogP contribution in [0.15, 0.2) is 84.9 Å². The molecule has 3 aromatic carbocycles. The topological polar surface area (TPSA) is 76.2 Å². The summed E-state index contributed by atoms with van der Waals surface area (Å²) < 4.78 is 13.5. The monoisotopic (exact) mass is 501 g/mol. The summed E-state index contributed by atoms with van der Waals surface area (Å²) >= 11 is 0. The molecule has 0 bridgehead atoms. The van der Waals surface area contributed by atoms with Crippen LogP contribution in [0.2, 0.25) is 0 Å². The van der Waals surface area contributed by atoms with Gasteiger partial charge < -0.3 is 15.1 Å². The van der Waals surface area contributed by atoms with Gasteiger partial charge in [-0.1, -0.05) is 72.8 Å². The maximum Gasteiger partial charge on any atom is 0.332 e. The van der Waals surface area contributed by atoms with Crippen LogP contribution in [0.25, 0.3) is 0 Å². The largest absolute Gasteiger partial charge is 0.333 e. The summed E-state index contributed by atoms with van der Waals surface area (Å²) in [5.74, 6) is -0.785. The predicted molar refractivity (Wildman–Crippen MR) is 135 cm³/mol. The van der Waals surface area contributed by atoms with Gasteiger partial charge in [0.15, 0.2) is 0 Å². The van der Waals surface area contributed by atoms with Gasteiger partial charge in [-0.05, 0) is 28.8 Å². The van der Waals surface area contributed by atoms with E-state index in [1.54, 1.807) is 34.0 Å². The van der Waals surface area contributed by atoms with Gasteiger partial charge in [0.1, 0.15) is 18.0 Å². The summed E-state index contributed by atoms with van der Waals surface area (Å²) in [7, 11) is 1.62. The fraction of sp³-hybridized carbons (Fsp3) is 0.250. The van der Waals surface area contributed by atoms with Crippen molar-refractivity contribution in [1.82, 2.24) is 25.1 Å². The van der Waals surface area contributed by atoms with Crippen molar-refractivity contribution >= 4 is 17.8 Å². The quantitative estimate of drug-likeness (QED) is 0.563. The average Bonchev–Trinajstić information content (AvgIpc) is 3.25. The summed E-state index contributed by atoms with van der Waals surface area (Å²) in [6.07, 6.45) is -0.539. The van der Waals surface area contributed by atoms with E-state index in [9.17, 15) is 18.8 Å². The van der Waals surface area contributed by atoms with Gasteiger partial charge in [-0.3, -0.25) is 14.6 Å². The number of nitrogens with zero attached hydrogens (tertiary/aromatic N) is 4. The maximum atomic E-state index is 13.7. The summed E-state index contributed by atoms with van der Waals surface area (Å²) in [4.78, 5) is 43.3. The highest BCUT2D eigenvalue weighted by Gasteiger charge is 2.52. The molecule has 5 rings (SSSR count). The zero-order valence-corrected chi connectivity index (χ0v) is 20.5. The fourth-order valence-electron chi connectivity index (χ4n) is 4.91. The normalized spacial score (nSPS) is 19.6. The third-order valence-electron chi connectivity index (χ3n) is 6.83. The van der Waals surface area contributed by atoms with E-state index in [2.05, 4.69) is 5.32 Å². The number of hydrogen-bond donors (Lipinski definition) is 1. The molecule has 190 valence electrons. The Hall–Kier alpha value is -4.24. The van der Waals surface area contributed by atoms with Crippen LogP contribution >= 0.6 is 0 Å². The number of hydrogen-bond acceptors (Lipinski definition) is 4. The minimum Gasteiger partial charge on any atom is -0.333 e. The third kappa shape index (κ3) is 5.03. The highest BCUT2D eigenvalue weighted by atomic mass is 19.1. The molecule has 2 atom stereocenters. The van der Waals surface area contributed by atoms with Crippen LogP contribution in [0, 0.1) is 5.82 Å². The van der Waals surface area contributed by atoms with Crippen molar-refractivity contribution in [2.45, 2.75) is 25.3 Å². The van der Waals surface area contributed by atoms with Gasteiger partial charge in [-0.25, -0.2) is 9.18 Å². The van der Waals surface area contributed by atoms with Crippen LogP contribution < -0.4 is 5.32 Å². The maximum absolute atomic E-state index is 13.7. The van der Waals surface area contributed by atoms with Crippen LogP contribution in [0.4, 0.5) is 9.18 Å². The molecule has 4 amide bonds. The van der Waals surface area contributed by atoms with E-state index in [1.165, 1.54) is 17.1 Å². The molecule has 37 heavy (non-hydrogen) atoms. The molecular weight excluding hydrogens is 473 g/mol. The number of hydrazine groups is 1. The van der Waals surface area contributed by atoms with E-state index in [0.717, 1.165) is 11.1 Å². The van der Waals surface area contributed by atoms with Gasteiger partial charge in [0.2, 0.25) is 5.91 Å². The van der Waals surface area contributed by atoms with Crippen LogP contribution in [0.3, 0.4) is 0 Å². The molecule has 0 radical (unpaired) electrons. The zero-order chi connectivity index (χ0) is 25.9. The molecule has 2 heterocycles. The Bertz CT molecular complexity index is 1270. The number of urea groups is 1. The first-order valence-electron chi connectivity index (χ1n) is 12.1. The molecule has 2 aliphatic rings. The molecule has 0 aromatic heterocycles. The second-order valence-electron chi connectivity index (χ2n) is 9.21. The van der Waals surface area contributed by atoms with Crippen molar-refractivity contribution in [3.05, 3.63) is 107 Å². The first-order valence-corrected chi connectivity index (χ1v) is 12.1. The lowest BCUT2D eigenvalue weighted by atomic mass is 10.00. The molecule has 0 aliphatic carbocycles. The molecule has 2 saturated heterocycles. The summed E-state index contributed by atoms with van der Waals surface area (Å²) in [5.41, 5.74) is 2.44. The van der Waals surface area contributed by atoms with Crippen LogP contribution in [-0.4, -0.2) is 64.0 Å². The van der Waals surface area contributed by atoms with Gasteiger partial charge >= 0.3 is 6.03 Å². The van der Waals surface area contributed by atoms with E-state index >= 15 is 0 Å². The van der Waals surface area contributed by atoms with E-state index < -0.39 is 12.2 Å². The van der Waals surface area contributed by atoms with Crippen molar-refractivity contribution in [2.24, 2.45) is 0 Å². The second-order valence-corrected chi connectivity index (χ2v) is 9.21. The Morgan fingerprint density at radius 3 is 2.27 bits per heavy atom. The average molecular weight is 502 g/mol. The Kier molecular flexibility index (Phi) is 6.87. The predicted octanol–water partition coefficient (Wildman–Crippen LogP) is 3.14. The molecule has 9 heteroatoms. The molecule has 0 saturated carbocycles. The van der Waals surface area contributed by atoms with Crippen LogP contribution in [-0.2, 0) is 22.7 Å². The molecule has 0 unspecified atom stereocenters. The molecule has 3 aromatic rings. The van der Waals surface area contributed by atoms with Gasteiger partial charge in [-0.15, -0.1) is 0 Å². The Morgan fingerprint density at radius 1 is 0.946 bits per heavy atom. The minimum absolute atomic E-state index is 0.0269. The Morgan fingerprint density at radius 2 is 1.59 bits per heavy atom. The zero-order valence-electron chi connectivity index (χ0n) is 20.5. The number of carbonyl (C=O) groups excluding carboxylic acids is 3. The van der Waals surface area contributed by atoms with Gasteiger partial charge in [0.05, 0.1) is 13.1 Å². The second kappa shape index (κ2) is 10.4. The number of nitrogens with one attached hydrogen (secondary N) is 1. The smallest absolute Gasteiger partial charge is 0.332 e. The highest BCUT2D eigenvalue weighted by Crippen LogP contribution is 2.36.